The highest BCUT2D eigenvalue weighted by atomic mass is 32.1. The average Bonchev–Trinajstić information content (AvgIpc) is 2.93. The summed E-state index contributed by atoms with van der Waals surface area (Å²) in [6.07, 6.45) is 0. The molecule has 19 heavy (non-hydrogen) atoms. The molecule has 1 saturated heterocycles. The molecule has 1 aliphatic heterocycles. The highest BCUT2D eigenvalue weighted by Crippen LogP contribution is 2.20. The lowest BCUT2D eigenvalue weighted by Gasteiger charge is -2.36. The van der Waals surface area contributed by atoms with Crippen molar-refractivity contribution in [3.63, 3.8) is 0 Å². The molecule has 0 aliphatic carbocycles. The second-order valence-electron chi connectivity index (χ2n) is 4.85. The number of benzene rings is 1. The van der Waals surface area contributed by atoms with Crippen LogP contribution in [0.2, 0.25) is 0 Å². The Labute approximate surface area is 117 Å². The summed E-state index contributed by atoms with van der Waals surface area (Å²) in [6.45, 7) is 4.78. The van der Waals surface area contributed by atoms with Crippen LogP contribution >= 0.6 is 11.3 Å². The summed E-state index contributed by atoms with van der Waals surface area (Å²) in [5, 5.41) is 4.31. The molecule has 0 spiro atoms. The first-order chi connectivity index (χ1) is 9.33. The van der Waals surface area contributed by atoms with Gasteiger partial charge in [0, 0.05) is 32.7 Å². The third-order valence-electron chi connectivity index (χ3n) is 3.55. The number of piperazine rings is 1. The molecule has 0 amide bonds. The molecule has 1 aromatic carbocycles. The Morgan fingerprint density at radius 3 is 2.53 bits per heavy atom. The van der Waals surface area contributed by atoms with Crippen molar-refractivity contribution in [2.24, 2.45) is 0 Å². The van der Waals surface area contributed by atoms with Gasteiger partial charge in [0.15, 0.2) is 0 Å². The maximum absolute atomic E-state index is 13.7. The molecule has 0 radical (unpaired) electrons. The van der Waals surface area contributed by atoms with Crippen LogP contribution in [0.15, 0.2) is 41.1 Å². The number of para-hydroxylation sites is 1. The summed E-state index contributed by atoms with van der Waals surface area (Å²) in [7, 11) is 0. The molecule has 0 atom stereocenters. The van der Waals surface area contributed by atoms with Crippen molar-refractivity contribution >= 4 is 17.0 Å². The number of halogens is 1. The van der Waals surface area contributed by atoms with Gasteiger partial charge < -0.3 is 4.90 Å². The van der Waals surface area contributed by atoms with Gasteiger partial charge >= 0.3 is 0 Å². The van der Waals surface area contributed by atoms with E-state index < -0.39 is 0 Å². The highest BCUT2D eigenvalue weighted by Gasteiger charge is 2.19. The van der Waals surface area contributed by atoms with Gasteiger partial charge in [0.2, 0.25) is 0 Å². The van der Waals surface area contributed by atoms with Crippen molar-refractivity contribution < 1.29 is 4.39 Å². The predicted molar refractivity (Wildman–Crippen MR) is 78.2 cm³/mol. The molecule has 2 nitrogen and oxygen atoms in total. The van der Waals surface area contributed by atoms with Crippen molar-refractivity contribution in [3.8, 4) is 0 Å². The van der Waals surface area contributed by atoms with Gasteiger partial charge in [-0.1, -0.05) is 12.1 Å². The van der Waals surface area contributed by atoms with Crippen LogP contribution in [0.5, 0.6) is 0 Å². The molecule has 1 aromatic heterocycles. The summed E-state index contributed by atoms with van der Waals surface area (Å²) < 4.78 is 13.7. The van der Waals surface area contributed by atoms with E-state index in [2.05, 4.69) is 26.6 Å². The van der Waals surface area contributed by atoms with E-state index in [1.54, 1.807) is 17.4 Å². The molecule has 100 valence electrons. The molecular weight excluding hydrogens is 259 g/mol. The first-order valence-corrected chi connectivity index (χ1v) is 7.50. The van der Waals surface area contributed by atoms with Gasteiger partial charge in [-0.25, -0.2) is 4.39 Å². The highest BCUT2D eigenvalue weighted by molar-refractivity contribution is 7.07. The fourth-order valence-electron chi connectivity index (χ4n) is 2.50. The van der Waals surface area contributed by atoms with E-state index in [1.807, 2.05) is 12.1 Å². The van der Waals surface area contributed by atoms with E-state index >= 15 is 0 Å². The largest absolute Gasteiger partial charge is 0.367 e. The van der Waals surface area contributed by atoms with Crippen molar-refractivity contribution in [1.82, 2.24) is 4.90 Å². The molecule has 1 fully saturated rings. The van der Waals surface area contributed by atoms with Crippen LogP contribution in [0.3, 0.4) is 0 Å². The van der Waals surface area contributed by atoms with Gasteiger partial charge in [-0.05, 0) is 34.5 Å². The van der Waals surface area contributed by atoms with Crippen LogP contribution in [0, 0.1) is 5.82 Å². The van der Waals surface area contributed by atoms with Gasteiger partial charge in [0.05, 0.1) is 5.69 Å². The van der Waals surface area contributed by atoms with Gasteiger partial charge in [-0.3, -0.25) is 4.90 Å². The van der Waals surface area contributed by atoms with E-state index in [-0.39, 0.29) is 5.82 Å². The summed E-state index contributed by atoms with van der Waals surface area (Å²) in [4.78, 5) is 4.57. The Morgan fingerprint density at radius 1 is 1.05 bits per heavy atom. The summed E-state index contributed by atoms with van der Waals surface area (Å²) in [6, 6.07) is 9.21. The number of hydrogen-bond acceptors (Lipinski definition) is 3. The standard InChI is InChI=1S/C15H17FN2S/c16-14-3-1-2-4-15(14)18-8-6-17(7-9-18)11-13-5-10-19-12-13/h1-5,10,12H,6-9,11H2. The van der Waals surface area contributed by atoms with Gasteiger partial charge in [0.1, 0.15) is 5.82 Å². The lowest BCUT2D eigenvalue weighted by atomic mass is 10.2. The molecular formula is C15H17FN2S. The molecule has 0 N–H and O–H groups in total. The molecule has 0 unspecified atom stereocenters. The van der Waals surface area contributed by atoms with E-state index in [4.69, 9.17) is 0 Å². The van der Waals surface area contributed by atoms with E-state index in [9.17, 15) is 4.39 Å². The van der Waals surface area contributed by atoms with Crippen LogP contribution < -0.4 is 4.90 Å². The van der Waals surface area contributed by atoms with Crippen LogP contribution in [-0.2, 0) is 6.54 Å². The molecule has 2 heterocycles. The number of nitrogens with zero attached hydrogens (tertiary/aromatic N) is 2. The van der Waals surface area contributed by atoms with Gasteiger partial charge in [-0.2, -0.15) is 11.3 Å². The SMILES string of the molecule is Fc1ccccc1N1CCN(Cc2ccsc2)CC1. The molecule has 0 bridgehead atoms. The zero-order valence-corrected chi connectivity index (χ0v) is 11.6. The molecule has 0 saturated carbocycles. The zero-order chi connectivity index (χ0) is 13.1. The number of anilines is 1. The fraction of sp³-hybridized carbons (Fsp3) is 0.333. The minimum atomic E-state index is -0.117. The Bertz CT molecular complexity index is 519. The minimum Gasteiger partial charge on any atom is -0.367 e. The fourth-order valence-corrected chi connectivity index (χ4v) is 3.16. The number of thiophene rings is 1. The van der Waals surface area contributed by atoms with E-state index in [0.717, 1.165) is 38.4 Å². The van der Waals surface area contributed by atoms with Crippen LogP contribution in [0.25, 0.3) is 0 Å². The molecule has 2 aromatic rings. The topological polar surface area (TPSA) is 6.48 Å². The number of rotatable bonds is 3. The molecule has 3 rings (SSSR count). The van der Waals surface area contributed by atoms with Crippen LogP contribution in [0.4, 0.5) is 10.1 Å². The van der Waals surface area contributed by atoms with Crippen molar-refractivity contribution in [3.05, 3.63) is 52.5 Å². The predicted octanol–water partition coefficient (Wildman–Crippen LogP) is 3.21. The average molecular weight is 276 g/mol. The van der Waals surface area contributed by atoms with E-state index in [0.29, 0.717) is 0 Å². The van der Waals surface area contributed by atoms with Crippen molar-refractivity contribution in [1.29, 1.82) is 0 Å². The third kappa shape index (κ3) is 2.96. The first kappa shape index (κ1) is 12.6. The lowest BCUT2D eigenvalue weighted by Crippen LogP contribution is -2.46. The van der Waals surface area contributed by atoms with Crippen molar-refractivity contribution in [2.75, 3.05) is 31.1 Å². The molecule has 1 aliphatic rings. The Kier molecular flexibility index (Phi) is 3.80. The zero-order valence-electron chi connectivity index (χ0n) is 10.8. The van der Waals surface area contributed by atoms with Crippen LogP contribution in [0.1, 0.15) is 5.56 Å². The second-order valence-corrected chi connectivity index (χ2v) is 5.63. The normalized spacial score (nSPS) is 16.8. The van der Waals surface area contributed by atoms with Gasteiger partial charge in [0.25, 0.3) is 0 Å². The second kappa shape index (κ2) is 5.72. The minimum absolute atomic E-state index is 0.117. The Balaban J connectivity index is 1.59. The summed E-state index contributed by atoms with van der Waals surface area (Å²) in [5.41, 5.74) is 2.11. The Morgan fingerprint density at radius 2 is 1.84 bits per heavy atom. The monoisotopic (exact) mass is 276 g/mol. The van der Waals surface area contributed by atoms with Gasteiger partial charge in [-0.15, -0.1) is 0 Å². The lowest BCUT2D eigenvalue weighted by molar-refractivity contribution is 0.249. The number of hydrogen-bond donors (Lipinski definition) is 0. The van der Waals surface area contributed by atoms with Crippen LogP contribution in [-0.4, -0.2) is 31.1 Å². The summed E-state index contributed by atoms with van der Waals surface area (Å²) >= 11 is 1.74. The third-order valence-corrected chi connectivity index (χ3v) is 4.28. The van der Waals surface area contributed by atoms with E-state index in [1.165, 1.54) is 11.6 Å². The Hall–Kier alpha value is -1.39. The summed E-state index contributed by atoms with van der Waals surface area (Å²) in [5.74, 6) is -0.117. The first-order valence-electron chi connectivity index (χ1n) is 6.56. The van der Waals surface area contributed by atoms with Crippen molar-refractivity contribution in [2.45, 2.75) is 6.54 Å². The maximum Gasteiger partial charge on any atom is 0.146 e. The molecule has 4 heteroatoms. The quantitative estimate of drug-likeness (QED) is 0.849. The smallest absolute Gasteiger partial charge is 0.146 e. The maximum atomic E-state index is 13.7.